The van der Waals surface area contributed by atoms with Crippen LogP contribution in [0.2, 0.25) is 0 Å². The zero-order chi connectivity index (χ0) is 88.1. The Balaban J connectivity index is 0.0000000999. The smallest absolute Gasteiger partial charge is 0.159 e. The Morgan fingerprint density at radius 3 is 0.970 bits per heavy atom. The number of likely N-dealkylation sites (tertiary alicyclic amines) is 2. The molecule has 0 saturated carbocycles. The number of para-hydroxylation sites is 4. The third-order valence-electron chi connectivity index (χ3n) is 25.8. The standard InChI is InChI=1S/C29H26N6.C28H24N6.C26H22N6.C25H20N6/c1-2-8-22-21(6-1)17-30-18-24(22)20-10-11-25-23(16-20)28(34-33-25)29-31-26-9-5-7-19(27(26)32-29)12-15-35-13-3-4-14-35;1-2-8-21-19(6-1)15-29-16-23(21)18-10-11-24-22(14-18)27(33-32-24)28-30-25-9-5-7-20(26(25)31-28)17-34-12-3-4-13-34;1-32(2)15-18-7-5-9-23-24(18)29-26(28-23)25-20-12-16(10-11-22(20)30-31-25)21-14-27-13-17-6-3-4-8-19(17)21;1-26-12-17-6-4-8-22-23(17)29-25(28-22)24-19-11-15(9-10-21(19)30-31-24)20-14-27-13-16-5-2-3-7-18(16)20/h1-2,5-11,16-18H,3-4,12-15H2,(H,31,32)(H,33,34);1-2,5-11,14-16H,3-4,12-13,17H2,(H,30,31)(H,32,33);3-14H,15H2,1-2H3,(H,28,29)(H,30,31);2-11,13-14,26H,12H2,1H3,(H,28,29)(H,30,31). The summed E-state index contributed by atoms with van der Waals surface area (Å²) in [5.74, 6) is 3.13. The third kappa shape index (κ3) is 15.5. The van der Waals surface area contributed by atoms with Gasteiger partial charge in [0.2, 0.25) is 0 Å². The van der Waals surface area contributed by atoms with Crippen molar-refractivity contribution >= 4 is 131 Å². The van der Waals surface area contributed by atoms with Crippen LogP contribution in [0.25, 0.3) is 221 Å². The maximum Gasteiger partial charge on any atom is 0.159 e. The minimum absolute atomic E-state index is 0.762. The number of nitrogens with one attached hydrogen (secondary N) is 9. The summed E-state index contributed by atoms with van der Waals surface area (Å²) >= 11 is 0. The zero-order valence-corrected chi connectivity index (χ0v) is 73.1. The monoisotopic (exact) mass is 1720 g/mol. The van der Waals surface area contributed by atoms with Crippen molar-refractivity contribution in [1.29, 1.82) is 0 Å². The van der Waals surface area contributed by atoms with Crippen LogP contribution in [0, 0.1) is 0 Å². The number of benzene rings is 12. The van der Waals surface area contributed by atoms with Crippen molar-refractivity contribution in [2.24, 2.45) is 0 Å². The molecular weight excluding hydrogens is 1630 g/mol. The lowest BCUT2D eigenvalue weighted by Crippen LogP contribution is -2.21. The summed E-state index contributed by atoms with van der Waals surface area (Å²) < 4.78 is 0. The quantitative estimate of drug-likeness (QED) is 0.0409. The van der Waals surface area contributed by atoms with Crippen LogP contribution in [-0.4, -0.2) is 169 Å². The molecule has 0 atom stereocenters. The van der Waals surface area contributed by atoms with Gasteiger partial charge in [0.05, 0.1) is 66.2 Å². The van der Waals surface area contributed by atoms with E-state index in [0.717, 1.165) is 238 Å². The first-order chi connectivity index (χ1) is 65.1. The summed E-state index contributed by atoms with van der Waals surface area (Å²) in [7, 11) is 6.08. The van der Waals surface area contributed by atoms with Gasteiger partial charge >= 0.3 is 0 Å². The van der Waals surface area contributed by atoms with E-state index in [1.807, 2.05) is 93.0 Å². The Morgan fingerprint density at radius 1 is 0.303 bits per heavy atom. The highest BCUT2D eigenvalue weighted by Crippen LogP contribution is 2.41. The number of rotatable bonds is 17. The molecule has 2 aliphatic heterocycles. The highest BCUT2D eigenvalue weighted by Gasteiger charge is 2.24. The van der Waals surface area contributed by atoms with E-state index < -0.39 is 0 Å². The summed E-state index contributed by atoms with van der Waals surface area (Å²) in [6.07, 6.45) is 21.6. The molecule has 0 spiro atoms. The normalized spacial score (nSPS) is 13.2. The molecule has 132 heavy (non-hydrogen) atoms. The predicted molar refractivity (Wildman–Crippen MR) is 532 cm³/mol. The summed E-state index contributed by atoms with van der Waals surface area (Å²) in [6.45, 7) is 8.41. The number of imidazole rings is 4. The van der Waals surface area contributed by atoms with E-state index in [1.165, 1.54) is 90.1 Å². The van der Waals surface area contributed by atoms with Gasteiger partial charge in [0.25, 0.3) is 0 Å². The number of nitrogens with zero attached hydrogens (tertiary/aromatic N) is 15. The molecule has 9 N–H and O–H groups in total. The van der Waals surface area contributed by atoms with Crippen LogP contribution in [0.4, 0.5) is 0 Å². The maximum absolute atomic E-state index is 5.03. The number of aromatic amines is 8. The van der Waals surface area contributed by atoms with Gasteiger partial charge in [-0.1, -0.05) is 170 Å². The van der Waals surface area contributed by atoms with Crippen LogP contribution in [0.5, 0.6) is 0 Å². The fourth-order valence-electron chi connectivity index (χ4n) is 19.2. The molecule has 2 aliphatic rings. The first-order valence-electron chi connectivity index (χ1n) is 45.1. The van der Waals surface area contributed by atoms with Gasteiger partial charge in [-0.2, -0.15) is 20.4 Å². The molecule has 26 rings (SSSR count). The molecule has 0 bridgehead atoms. The predicted octanol–water partition coefficient (Wildman–Crippen LogP) is 22.3. The van der Waals surface area contributed by atoms with Gasteiger partial charge in [-0.15, -0.1) is 0 Å². The van der Waals surface area contributed by atoms with E-state index in [2.05, 4.69) is 321 Å². The molecule has 12 aromatic heterocycles. The molecule has 24 aromatic rings. The summed E-state index contributed by atoms with van der Waals surface area (Å²) in [4.78, 5) is 58.9. The number of fused-ring (bicyclic) bond motifs is 12. The molecule has 12 aromatic carbocycles. The Kier molecular flexibility index (Phi) is 21.2. The SMILES string of the molecule is CN(C)Cc1cccc2[nH]c(-c3n[nH]c4ccc(-c5cncc6ccccc56)cc34)nc12.CNCc1cccc2[nH]c(-c3n[nH]c4ccc(-c5cncc6ccccc56)cc34)nc12.c1ccc2c(-c3ccc4[nH]nc(-c5nc6c(CCN7CCCC7)cccc6[nH]5)c4c3)cncc2c1.c1ccc2c(-c3ccc4[nH]nc(-c5nc6c(CN7CCCC7)cccc6[nH]5)c4c3)cncc2c1. The highest BCUT2D eigenvalue weighted by atomic mass is 15.2. The van der Waals surface area contributed by atoms with E-state index in [-0.39, 0.29) is 0 Å². The Hall–Kier alpha value is -16.1. The second-order valence-electron chi connectivity index (χ2n) is 34.6. The fourth-order valence-corrected chi connectivity index (χ4v) is 19.2. The Morgan fingerprint density at radius 2 is 0.614 bits per heavy atom. The molecule has 14 heterocycles. The van der Waals surface area contributed by atoms with E-state index in [9.17, 15) is 0 Å². The molecule has 0 aliphatic carbocycles. The van der Waals surface area contributed by atoms with Crippen molar-refractivity contribution in [3.05, 3.63) is 314 Å². The van der Waals surface area contributed by atoms with Crippen molar-refractivity contribution in [2.75, 3.05) is 53.9 Å². The van der Waals surface area contributed by atoms with E-state index in [0.29, 0.717) is 0 Å². The van der Waals surface area contributed by atoms with Crippen molar-refractivity contribution in [3.8, 4) is 90.6 Å². The molecule has 2 fully saturated rings. The largest absolute Gasteiger partial charge is 0.337 e. The molecule has 2 saturated heterocycles. The third-order valence-corrected chi connectivity index (χ3v) is 25.8. The topological polar surface area (TPSA) is 303 Å². The van der Waals surface area contributed by atoms with E-state index in [4.69, 9.17) is 19.9 Å². The summed E-state index contributed by atoms with van der Waals surface area (Å²) in [5, 5.41) is 47.8. The van der Waals surface area contributed by atoms with Crippen LogP contribution in [0.3, 0.4) is 0 Å². The molecule has 644 valence electrons. The number of hydrogen-bond acceptors (Lipinski definition) is 16. The molecule has 0 amide bonds. The van der Waals surface area contributed by atoms with Gasteiger partial charge in [-0.05, 0) is 218 Å². The Bertz CT molecular complexity index is 8410. The average molecular weight is 1730 g/mol. The lowest BCUT2D eigenvalue weighted by atomic mass is 9.99. The second-order valence-corrected chi connectivity index (χ2v) is 34.6. The number of pyridine rings is 4. The fraction of sp³-hybridized carbons (Fsp3) is 0.148. The lowest BCUT2D eigenvalue weighted by Gasteiger charge is -2.14. The van der Waals surface area contributed by atoms with Crippen molar-refractivity contribution in [2.45, 2.75) is 51.7 Å². The Labute approximate surface area is 757 Å². The van der Waals surface area contributed by atoms with Gasteiger partial charge in [-0.25, -0.2) is 19.9 Å². The molecule has 24 nitrogen and oxygen atoms in total. The van der Waals surface area contributed by atoms with Crippen molar-refractivity contribution < 1.29 is 0 Å². The van der Waals surface area contributed by atoms with E-state index in [1.54, 1.807) is 0 Å². The molecule has 24 heteroatoms. The minimum atomic E-state index is 0.762. The van der Waals surface area contributed by atoms with Crippen LogP contribution < -0.4 is 5.32 Å². The zero-order valence-electron chi connectivity index (χ0n) is 73.1. The maximum atomic E-state index is 5.03. The van der Waals surface area contributed by atoms with E-state index >= 15 is 0 Å². The van der Waals surface area contributed by atoms with Crippen molar-refractivity contribution in [1.82, 2.24) is 121 Å². The number of hydrogen-bond donors (Lipinski definition) is 9. The van der Waals surface area contributed by atoms with Gasteiger partial charge < -0.3 is 35.1 Å². The van der Waals surface area contributed by atoms with Gasteiger partial charge in [0.1, 0.15) is 22.8 Å². The van der Waals surface area contributed by atoms with Crippen molar-refractivity contribution in [3.63, 3.8) is 0 Å². The molecule has 0 radical (unpaired) electrons. The summed E-state index contributed by atoms with van der Waals surface area (Å²) in [5.41, 5.74) is 29.2. The first-order valence-corrected chi connectivity index (χ1v) is 45.1. The van der Waals surface area contributed by atoms with Gasteiger partial charge in [0.15, 0.2) is 23.3 Å². The number of aromatic nitrogens is 20. The second kappa shape index (κ2) is 34.8. The molecular formula is C108H92N24. The minimum Gasteiger partial charge on any atom is -0.337 e. The van der Waals surface area contributed by atoms with Crippen LogP contribution in [0.1, 0.15) is 47.9 Å². The van der Waals surface area contributed by atoms with Gasteiger partial charge in [-0.3, -0.25) is 45.2 Å². The molecule has 0 unspecified atom stereocenters. The number of H-pyrrole nitrogens is 8. The average Bonchev–Trinajstić information content (AvgIpc) is 1.62. The first kappa shape index (κ1) is 80.4. The summed E-state index contributed by atoms with van der Waals surface area (Å²) in [6, 6.07) is 84.2. The highest BCUT2D eigenvalue weighted by molar-refractivity contribution is 6.06. The van der Waals surface area contributed by atoms with Crippen LogP contribution in [0.15, 0.2) is 292 Å². The van der Waals surface area contributed by atoms with Gasteiger partial charge in [0, 0.05) is 141 Å². The lowest BCUT2D eigenvalue weighted by molar-refractivity contribution is 0.332. The van der Waals surface area contributed by atoms with Crippen LogP contribution in [-0.2, 0) is 26.1 Å². The van der Waals surface area contributed by atoms with Crippen LogP contribution >= 0.6 is 0 Å².